The number of benzene rings is 1. The van der Waals surface area contributed by atoms with Crippen molar-refractivity contribution in [3.05, 3.63) is 59.8 Å². The zero-order valence-corrected chi connectivity index (χ0v) is 11.3. The van der Waals surface area contributed by atoms with Crippen molar-refractivity contribution >= 4 is 17.7 Å². The van der Waals surface area contributed by atoms with Gasteiger partial charge in [0.15, 0.2) is 0 Å². The average molecular weight is 273 g/mol. The molecule has 0 aliphatic heterocycles. The number of rotatable bonds is 6. The third kappa shape index (κ3) is 4.41. The van der Waals surface area contributed by atoms with Gasteiger partial charge in [0.2, 0.25) is 0 Å². The van der Waals surface area contributed by atoms with Crippen LogP contribution in [0.15, 0.2) is 53.7 Å². The Morgan fingerprint density at radius 2 is 1.95 bits per heavy atom. The second-order valence-electron chi connectivity index (χ2n) is 4.13. The van der Waals surface area contributed by atoms with Gasteiger partial charge in [-0.05, 0) is 36.3 Å². The van der Waals surface area contributed by atoms with E-state index in [4.69, 9.17) is 5.11 Å². The third-order valence-electron chi connectivity index (χ3n) is 2.69. The molecule has 3 nitrogen and oxygen atoms in total. The Labute approximate surface area is 116 Å². The number of thioether (sulfide) groups is 1. The van der Waals surface area contributed by atoms with Crippen LogP contribution in [0.2, 0.25) is 0 Å². The summed E-state index contributed by atoms with van der Waals surface area (Å²) in [4.78, 5) is 14.8. The number of carbonyl (C=O) groups is 1. The van der Waals surface area contributed by atoms with Crippen LogP contribution in [0, 0.1) is 0 Å². The van der Waals surface area contributed by atoms with E-state index in [9.17, 15) is 4.79 Å². The summed E-state index contributed by atoms with van der Waals surface area (Å²) >= 11 is 1.66. The summed E-state index contributed by atoms with van der Waals surface area (Å²) in [5.74, 6) is 0.0435. The van der Waals surface area contributed by atoms with Gasteiger partial charge < -0.3 is 5.11 Å². The molecule has 1 N–H and O–H groups in total. The molecule has 98 valence electrons. The number of pyridine rings is 1. The molecule has 2 rings (SSSR count). The predicted octanol–water partition coefficient (Wildman–Crippen LogP) is 3.50. The van der Waals surface area contributed by atoms with Crippen LogP contribution in [0.1, 0.15) is 22.3 Å². The van der Waals surface area contributed by atoms with Gasteiger partial charge in [0, 0.05) is 6.20 Å². The minimum Gasteiger partial charge on any atom is -0.478 e. The Morgan fingerprint density at radius 1 is 1.16 bits per heavy atom. The van der Waals surface area contributed by atoms with Crippen LogP contribution in [0.5, 0.6) is 0 Å². The lowest BCUT2D eigenvalue weighted by atomic mass is 10.1. The van der Waals surface area contributed by atoms with E-state index in [0.29, 0.717) is 0 Å². The molecule has 1 aromatic heterocycles. The maximum absolute atomic E-state index is 10.7. The van der Waals surface area contributed by atoms with Gasteiger partial charge in [-0.15, -0.1) is 11.8 Å². The maximum atomic E-state index is 10.7. The highest BCUT2D eigenvalue weighted by molar-refractivity contribution is 7.99. The van der Waals surface area contributed by atoms with E-state index >= 15 is 0 Å². The Bertz CT molecular complexity index is 526. The van der Waals surface area contributed by atoms with Crippen LogP contribution < -0.4 is 0 Å². The van der Waals surface area contributed by atoms with Crippen molar-refractivity contribution in [3.63, 3.8) is 0 Å². The highest BCUT2D eigenvalue weighted by atomic mass is 32.2. The van der Waals surface area contributed by atoms with Gasteiger partial charge in [0.1, 0.15) is 0 Å². The van der Waals surface area contributed by atoms with Crippen LogP contribution in [0.4, 0.5) is 0 Å². The van der Waals surface area contributed by atoms with E-state index in [1.165, 1.54) is 11.8 Å². The first kappa shape index (κ1) is 13.6. The summed E-state index contributed by atoms with van der Waals surface area (Å²) in [6, 6.07) is 13.7. The van der Waals surface area contributed by atoms with Crippen molar-refractivity contribution < 1.29 is 9.90 Å². The molecule has 1 aromatic carbocycles. The fourth-order valence-electron chi connectivity index (χ4n) is 1.69. The van der Waals surface area contributed by atoms with Gasteiger partial charge in [-0.1, -0.05) is 30.3 Å². The van der Waals surface area contributed by atoms with Crippen molar-refractivity contribution in [3.8, 4) is 0 Å². The lowest BCUT2D eigenvalue weighted by Crippen LogP contribution is -1.97. The first-order chi connectivity index (χ1) is 9.25. The minimum absolute atomic E-state index is 0.230. The Morgan fingerprint density at radius 3 is 2.58 bits per heavy atom. The fraction of sp³-hybridized carbons (Fsp3) is 0.200. The first-order valence-electron chi connectivity index (χ1n) is 6.12. The van der Waals surface area contributed by atoms with Gasteiger partial charge in [-0.25, -0.2) is 9.78 Å². The molecule has 0 atom stereocenters. The molecule has 2 aromatic rings. The van der Waals surface area contributed by atoms with E-state index in [2.05, 4.69) is 29.2 Å². The molecule has 0 bridgehead atoms. The van der Waals surface area contributed by atoms with E-state index in [0.717, 1.165) is 23.6 Å². The minimum atomic E-state index is -0.937. The van der Waals surface area contributed by atoms with Crippen LogP contribution in [-0.4, -0.2) is 21.8 Å². The van der Waals surface area contributed by atoms with Crippen LogP contribution in [-0.2, 0) is 6.42 Å². The van der Waals surface area contributed by atoms with Gasteiger partial charge in [0.05, 0.1) is 10.6 Å². The Hall–Kier alpha value is -1.81. The van der Waals surface area contributed by atoms with Gasteiger partial charge >= 0.3 is 5.97 Å². The number of aryl methyl sites for hydroxylation is 1. The second kappa shape index (κ2) is 6.95. The molecule has 1 heterocycles. The number of carboxylic acid groups (broad SMARTS) is 1. The van der Waals surface area contributed by atoms with Crippen molar-refractivity contribution in [1.82, 2.24) is 4.98 Å². The molecule has 0 radical (unpaired) electrons. The summed E-state index contributed by atoms with van der Waals surface area (Å²) in [5, 5.41) is 9.64. The monoisotopic (exact) mass is 273 g/mol. The summed E-state index contributed by atoms with van der Waals surface area (Å²) in [6.07, 6.45) is 3.54. The Kier molecular flexibility index (Phi) is 4.98. The summed E-state index contributed by atoms with van der Waals surface area (Å²) in [6.45, 7) is 0. The second-order valence-corrected chi connectivity index (χ2v) is 5.24. The molecule has 0 amide bonds. The van der Waals surface area contributed by atoms with Gasteiger partial charge in [-0.2, -0.15) is 0 Å². The smallest absolute Gasteiger partial charge is 0.337 e. The largest absolute Gasteiger partial charge is 0.478 e. The van der Waals surface area contributed by atoms with Crippen molar-refractivity contribution in [2.24, 2.45) is 0 Å². The normalized spacial score (nSPS) is 10.3. The molecule has 0 saturated heterocycles. The zero-order chi connectivity index (χ0) is 13.5. The summed E-state index contributed by atoms with van der Waals surface area (Å²) < 4.78 is 0. The lowest BCUT2D eigenvalue weighted by Gasteiger charge is -2.02. The number of hydrogen-bond acceptors (Lipinski definition) is 3. The highest BCUT2D eigenvalue weighted by Gasteiger charge is 2.03. The topological polar surface area (TPSA) is 50.2 Å². The molecule has 0 fully saturated rings. The molecule has 0 aliphatic carbocycles. The SMILES string of the molecule is O=C(O)c1ccc(SCCCc2ccccc2)nc1. The molecular weight excluding hydrogens is 258 g/mol. The van der Waals surface area contributed by atoms with Crippen LogP contribution in [0.3, 0.4) is 0 Å². The van der Waals surface area contributed by atoms with Crippen LogP contribution in [0.25, 0.3) is 0 Å². The molecular formula is C15H15NO2S. The number of hydrogen-bond donors (Lipinski definition) is 1. The number of aromatic carboxylic acids is 1. The molecule has 0 aliphatic rings. The molecule has 4 heteroatoms. The number of nitrogens with zero attached hydrogens (tertiary/aromatic N) is 1. The summed E-state index contributed by atoms with van der Waals surface area (Å²) in [5.41, 5.74) is 1.57. The summed E-state index contributed by atoms with van der Waals surface area (Å²) in [7, 11) is 0. The molecule has 19 heavy (non-hydrogen) atoms. The van der Waals surface area contributed by atoms with Gasteiger partial charge in [0.25, 0.3) is 0 Å². The van der Waals surface area contributed by atoms with Gasteiger partial charge in [-0.3, -0.25) is 0 Å². The van der Waals surface area contributed by atoms with E-state index in [-0.39, 0.29) is 5.56 Å². The van der Waals surface area contributed by atoms with E-state index < -0.39 is 5.97 Å². The Balaban J connectivity index is 1.75. The fourth-order valence-corrected chi connectivity index (χ4v) is 2.48. The van der Waals surface area contributed by atoms with E-state index in [1.54, 1.807) is 23.9 Å². The van der Waals surface area contributed by atoms with Crippen molar-refractivity contribution in [2.75, 3.05) is 5.75 Å². The number of aromatic nitrogens is 1. The molecule has 0 saturated carbocycles. The van der Waals surface area contributed by atoms with Crippen molar-refractivity contribution in [2.45, 2.75) is 17.9 Å². The predicted molar refractivity (Wildman–Crippen MR) is 76.7 cm³/mol. The standard InChI is InChI=1S/C15H15NO2S/c17-15(18)13-8-9-14(16-11-13)19-10-4-7-12-5-2-1-3-6-12/h1-3,5-6,8-9,11H,4,7,10H2,(H,17,18). The van der Waals surface area contributed by atoms with Crippen molar-refractivity contribution in [1.29, 1.82) is 0 Å². The highest BCUT2D eigenvalue weighted by Crippen LogP contribution is 2.17. The zero-order valence-electron chi connectivity index (χ0n) is 10.5. The third-order valence-corrected chi connectivity index (χ3v) is 3.72. The number of carboxylic acids is 1. The first-order valence-corrected chi connectivity index (χ1v) is 7.10. The quantitative estimate of drug-likeness (QED) is 0.646. The lowest BCUT2D eigenvalue weighted by molar-refractivity contribution is 0.0696. The molecule has 0 unspecified atom stereocenters. The average Bonchev–Trinajstić information content (AvgIpc) is 2.45. The molecule has 0 spiro atoms. The van der Waals surface area contributed by atoms with E-state index in [1.807, 2.05) is 6.07 Å². The maximum Gasteiger partial charge on any atom is 0.337 e. The van der Waals surface area contributed by atoms with Crippen LogP contribution >= 0.6 is 11.8 Å².